The molecule has 2 N–H and O–H groups in total. The standard InChI is InChI=1S/C19H23N7O/c1-14-13-18(24-27-14)22-17-7-8-20-19(23-17)21-15-3-5-16(6-4-15)26-11-9-25(2)10-12-26/h3-8,13H,9-12H2,1-2H3,(H2,20,21,22,23,24). The van der Waals surface area contributed by atoms with Crippen molar-refractivity contribution >= 4 is 29.0 Å². The predicted octanol–water partition coefficient (Wildman–Crippen LogP) is 3.01. The topological polar surface area (TPSA) is 82.4 Å². The van der Waals surface area contributed by atoms with Gasteiger partial charge in [-0.1, -0.05) is 5.16 Å². The lowest BCUT2D eigenvalue weighted by molar-refractivity contribution is 0.313. The second-order valence-electron chi connectivity index (χ2n) is 6.68. The minimum absolute atomic E-state index is 0.521. The summed E-state index contributed by atoms with van der Waals surface area (Å²) in [5, 5.41) is 10.2. The molecule has 0 bridgehead atoms. The molecule has 8 heteroatoms. The number of rotatable bonds is 5. The zero-order chi connectivity index (χ0) is 18.6. The highest BCUT2D eigenvalue weighted by atomic mass is 16.5. The van der Waals surface area contributed by atoms with E-state index in [1.54, 1.807) is 12.3 Å². The van der Waals surface area contributed by atoms with E-state index in [2.05, 4.69) is 66.9 Å². The minimum atomic E-state index is 0.521. The lowest BCUT2D eigenvalue weighted by Gasteiger charge is -2.34. The SMILES string of the molecule is Cc1cc(Nc2ccnc(Nc3ccc(N4CCN(C)CC4)cc3)n2)no1. The van der Waals surface area contributed by atoms with Crippen molar-refractivity contribution in [1.82, 2.24) is 20.0 Å². The fraction of sp³-hybridized carbons (Fsp3) is 0.316. The molecule has 3 heterocycles. The number of benzene rings is 1. The molecule has 1 saturated heterocycles. The Morgan fingerprint density at radius 1 is 0.963 bits per heavy atom. The van der Waals surface area contributed by atoms with E-state index in [4.69, 9.17) is 4.52 Å². The average molecular weight is 365 g/mol. The lowest BCUT2D eigenvalue weighted by Crippen LogP contribution is -2.44. The number of likely N-dealkylation sites (N-methyl/N-ethyl adjacent to an activating group) is 1. The maximum Gasteiger partial charge on any atom is 0.229 e. The van der Waals surface area contributed by atoms with E-state index in [0.29, 0.717) is 17.6 Å². The Morgan fingerprint density at radius 2 is 1.74 bits per heavy atom. The fourth-order valence-electron chi connectivity index (χ4n) is 2.99. The molecule has 0 atom stereocenters. The Hall–Kier alpha value is -3.13. The summed E-state index contributed by atoms with van der Waals surface area (Å²) in [4.78, 5) is 13.5. The van der Waals surface area contributed by atoms with Crippen LogP contribution in [0.25, 0.3) is 0 Å². The van der Waals surface area contributed by atoms with Crippen LogP contribution in [0, 0.1) is 6.92 Å². The quantitative estimate of drug-likeness (QED) is 0.714. The van der Waals surface area contributed by atoms with Gasteiger partial charge in [-0.3, -0.25) is 0 Å². The Bertz CT molecular complexity index is 885. The van der Waals surface area contributed by atoms with Crippen molar-refractivity contribution in [3.63, 3.8) is 0 Å². The van der Waals surface area contributed by atoms with Crippen molar-refractivity contribution in [2.24, 2.45) is 0 Å². The number of hydrogen-bond donors (Lipinski definition) is 2. The third-order valence-corrected chi connectivity index (χ3v) is 4.53. The molecule has 1 aliphatic heterocycles. The van der Waals surface area contributed by atoms with Crippen molar-refractivity contribution in [3.8, 4) is 0 Å². The van der Waals surface area contributed by atoms with Gasteiger partial charge in [-0.2, -0.15) is 4.98 Å². The molecule has 27 heavy (non-hydrogen) atoms. The van der Waals surface area contributed by atoms with Gasteiger partial charge in [-0.15, -0.1) is 0 Å². The molecule has 0 unspecified atom stereocenters. The molecule has 0 amide bonds. The van der Waals surface area contributed by atoms with Crippen LogP contribution in [0.15, 0.2) is 47.1 Å². The molecule has 0 spiro atoms. The van der Waals surface area contributed by atoms with Gasteiger partial charge in [0.2, 0.25) is 5.95 Å². The minimum Gasteiger partial charge on any atom is -0.369 e. The predicted molar refractivity (Wildman–Crippen MR) is 106 cm³/mol. The molecule has 1 aromatic carbocycles. The molecule has 4 rings (SSSR count). The molecule has 2 aromatic heterocycles. The van der Waals surface area contributed by atoms with Gasteiger partial charge in [-0.25, -0.2) is 4.98 Å². The Balaban J connectivity index is 1.41. The van der Waals surface area contributed by atoms with Gasteiger partial charge in [-0.05, 0) is 44.3 Å². The number of anilines is 5. The first kappa shape index (κ1) is 17.3. The number of aryl methyl sites for hydroxylation is 1. The van der Waals surface area contributed by atoms with E-state index >= 15 is 0 Å². The number of aromatic nitrogens is 3. The van der Waals surface area contributed by atoms with Gasteiger partial charge < -0.3 is 25.0 Å². The third kappa shape index (κ3) is 4.35. The van der Waals surface area contributed by atoms with E-state index in [9.17, 15) is 0 Å². The molecular formula is C19H23N7O. The Morgan fingerprint density at radius 3 is 2.44 bits per heavy atom. The smallest absolute Gasteiger partial charge is 0.229 e. The van der Waals surface area contributed by atoms with Gasteiger partial charge in [0.15, 0.2) is 5.82 Å². The maximum absolute atomic E-state index is 5.05. The van der Waals surface area contributed by atoms with Crippen LogP contribution in [-0.2, 0) is 0 Å². The summed E-state index contributed by atoms with van der Waals surface area (Å²) in [6, 6.07) is 12.0. The van der Waals surface area contributed by atoms with Crippen LogP contribution in [-0.4, -0.2) is 53.3 Å². The summed E-state index contributed by atoms with van der Waals surface area (Å²) < 4.78 is 5.05. The van der Waals surface area contributed by atoms with Crippen molar-refractivity contribution in [2.75, 3.05) is 48.8 Å². The van der Waals surface area contributed by atoms with Crippen LogP contribution in [0.1, 0.15) is 5.76 Å². The van der Waals surface area contributed by atoms with E-state index in [0.717, 1.165) is 37.6 Å². The largest absolute Gasteiger partial charge is 0.369 e. The van der Waals surface area contributed by atoms with Crippen molar-refractivity contribution in [2.45, 2.75) is 6.92 Å². The molecule has 0 aliphatic carbocycles. The van der Waals surface area contributed by atoms with Crippen LogP contribution in [0.2, 0.25) is 0 Å². The molecule has 140 valence electrons. The maximum atomic E-state index is 5.05. The van der Waals surface area contributed by atoms with Crippen LogP contribution >= 0.6 is 0 Å². The number of nitrogens with zero attached hydrogens (tertiary/aromatic N) is 5. The summed E-state index contributed by atoms with van der Waals surface area (Å²) in [5.74, 6) is 2.53. The van der Waals surface area contributed by atoms with Crippen molar-refractivity contribution in [3.05, 3.63) is 48.4 Å². The van der Waals surface area contributed by atoms with Gasteiger partial charge >= 0.3 is 0 Å². The first-order valence-electron chi connectivity index (χ1n) is 9.00. The summed E-state index contributed by atoms with van der Waals surface area (Å²) >= 11 is 0. The van der Waals surface area contributed by atoms with E-state index in [1.165, 1.54) is 5.69 Å². The normalized spacial score (nSPS) is 15.0. The van der Waals surface area contributed by atoms with Gasteiger partial charge in [0.25, 0.3) is 0 Å². The van der Waals surface area contributed by atoms with Crippen LogP contribution in [0.5, 0.6) is 0 Å². The summed E-state index contributed by atoms with van der Waals surface area (Å²) in [7, 11) is 2.16. The third-order valence-electron chi connectivity index (χ3n) is 4.53. The first-order valence-corrected chi connectivity index (χ1v) is 9.00. The number of nitrogens with one attached hydrogen (secondary N) is 2. The monoisotopic (exact) mass is 365 g/mol. The first-order chi connectivity index (χ1) is 13.2. The zero-order valence-corrected chi connectivity index (χ0v) is 15.5. The second-order valence-corrected chi connectivity index (χ2v) is 6.68. The Labute approximate surface area is 158 Å². The van der Waals surface area contributed by atoms with Crippen LogP contribution in [0.4, 0.5) is 29.0 Å². The second kappa shape index (κ2) is 7.63. The van der Waals surface area contributed by atoms with Gasteiger partial charge in [0.1, 0.15) is 11.6 Å². The molecule has 0 saturated carbocycles. The van der Waals surface area contributed by atoms with Crippen LogP contribution in [0.3, 0.4) is 0 Å². The molecule has 1 aliphatic rings. The molecule has 0 radical (unpaired) electrons. The van der Waals surface area contributed by atoms with Crippen molar-refractivity contribution in [1.29, 1.82) is 0 Å². The summed E-state index contributed by atoms with van der Waals surface area (Å²) in [5.41, 5.74) is 2.19. The van der Waals surface area contributed by atoms with Gasteiger partial charge in [0.05, 0.1) is 0 Å². The summed E-state index contributed by atoms with van der Waals surface area (Å²) in [6.07, 6.45) is 1.70. The lowest BCUT2D eigenvalue weighted by atomic mass is 10.2. The zero-order valence-electron chi connectivity index (χ0n) is 15.5. The molecule has 1 fully saturated rings. The highest BCUT2D eigenvalue weighted by Gasteiger charge is 2.14. The average Bonchev–Trinajstić information content (AvgIpc) is 3.08. The van der Waals surface area contributed by atoms with E-state index < -0.39 is 0 Å². The summed E-state index contributed by atoms with van der Waals surface area (Å²) in [6.45, 7) is 6.15. The number of hydrogen-bond acceptors (Lipinski definition) is 8. The highest BCUT2D eigenvalue weighted by Crippen LogP contribution is 2.22. The van der Waals surface area contributed by atoms with Crippen molar-refractivity contribution < 1.29 is 4.52 Å². The highest BCUT2D eigenvalue weighted by molar-refractivity contribution is 5.61. The molecule has 3 aromatic rings. The molecule has 8 nitrogen and oxygen atoms in total. The fourth-order valence-corrected chi connectivity index (χ4v) is 2.99. The number of piperazine rings is 1. The van der Waals surface area contributed by atoms with Gasteiger partial charge in [0, 0.05) is 49.8 Å². The van der Waals surface area contributed by atoms with E-state index in [-0.39, 0.29) is 0 Å². The van der Waals surface area contributed by atoms with Crippen LogP contribution < -0.4 is 15.5 Å². The van der Waals surface area contributed by atoms with E-state index in [1.807, 2.05) is 13.0 Å². The molecular weight excluding hydrogens is 342 g/mol. The Kier molecular flexibility index (Phi) is 4.88.